The van der Waals surface area contributed by atoms with Crippen LogP contribution < -0.4 is 0 Å². The Morgan fingerprint density at radius 2 is 0.945 bits per heavy atom. The second-order valence-electron chi connectivity index (χ2n) is 14.6. The molecule has 2 aromatic heterocycles. The van der Waals surface area contributed by atoms with Crippen LogP contribution in [-0.4, -0.2) is 9.55 Å². The lowest BCUT2D eigenvalue weighted by Gasteiger charge is -2.20. The molecule has 11 aromatic rings. The lowest BCUT2D eigenvalue weighted by atomic mass is 9.82. The van der Waals surface area contributed by atoms with Gasteiger partial charge in [0.25, 0.3) is 0 Å². The van der Waals surface area contributed by atoms with E-state index in [9.17, 15) is 0 Å². The minimum absolute atomic E-state index is 1.14. The third kappa shape index (κ3) is 4.28. The van der Waals surface area contributed by atoms with Gasteiger partial charge in [-0.05, 0) is 101 Å². The number of hydrogen-bond donors (Lipinski definition) is 0. The maximum atomic E-state index is 4.51. The molecule has 1 aliphatic carbocycles. The fourth-order valence-corrected chi connectivity index (χ4v) is 9.54. The zero-order valence-electron chi connectivity index (χ0n) is 29.9. The Kier molecular flexibility index (Phi) is 6.37. The van der Waals surface area contributed by atoms with Crippen molar-refractivity contribution in [2.75, 3.05) is 0 Å². The van der Waals surface area contributed by atoms with Gasteiger partial charge in [0, 0.05) is 34.2 Å². The maximum absolute atomic E-state index is 4.51. The zero-order valence-corrected chi connectivity index (χ0v) is 29.9. The summed E-state index contributed by atoms with van der Waals surface area (Å²) in [6.45, 7) is 0. The van der Waals surface area contributed by atoms with Gasteiger partial charge in [0.2, 0.25) is 0 Å². The van der Waals surface area contributed by atoms with E-state index in [4.69, 9.17) is 0 Å². The molecule has 12 rings (SSSR count). The summed E-state index contributed by atoms with van der Waals surface area (Å²) < 4.78 is 2.41. The molecule has 0 unspecified atom stereocenters. The van der Waals surface area contributed by atoms with Crippen molar-refractivity contribution < 1.29 is 0 Å². The van der Waals surface area contributed by atoms with E-state index in [1.807, 2.05) is 12.4 Å². The van der Waals surface area contributed by atoms with Crippen LogP contribution in [0, 0.1) is 0 Å². The fraction of sp³-hybridized carbons (Fsp3) is 0. The molecule has 2 heteroatoms. The van der Waals surface area contributed by atoms with E-state index in [2.05, 4.69) is 192 Å². The average Bonchev–Trinajstić information content (AvgIpc) is 3.78. The van der Waals surface area contributed by atoms with Gasteiger partial charge >= 0.3 is 0 Å². The Morgan fingerprint density at radius 3 is 1.65 bits per heavy atom. The summed E-state index contributed by atoms with van der Waals surface area (Å²) in [5.41, 5.74) is 16.3. The van der Waals surface area contributed by atoms with Crippen molar-refractivity contribution in [2.24, 2.45) is 0 Å². The Labute approximate surface area is 318 Å². The second-order valence-corrected chi connectivity index (χ2v) is 14.6. The van der Waals surface area contributed by atoms with Crippen LogP contribution in [0.4, 0.5) is 0 Å². The predicted molar refractivity (Wildman–Crippen MR) is 232 cm³/mol. The molecule has 0 fully saturated rings. The highest BCUT2D eigenvalue weighted by atomic mass is 15.0. The minimum Gasteiger partial charge on any atom is -0.309 e. The molecule has 0 N–H and O–H groups in total. The van der Waals surface area contributed by atoms with Crippen molar-refractivity contribution in [3.05, 3.63) is 194 Å². The lowest BCUT2D eigenvalue weighted by Crippen LogP contribution is -1.95. The van der Waals surface area contributed by atoms with Crippen LogP contribution in [0.25, 0.3) is 115 Å². The number of aromatic nitrogens is 2. The van der Waals surface area contributed by atoms with Gasteiger partial charge in [0.15, 0.2) is 0 Å². The zero-order chi connectivity index (χ0) is 36.0. The van der Waals surface area contributed by atoms with Crippen LogP contribution in [0.5, 0.6) is 0 Å². The Balaban J connectivity index is 1.09. The summed E-state index contributed by atoms with van der Waals surface area (Å²) >= 11 is 0. The van der Waals surface area contributed by atoms with E-state index in [0.717, 1.165) is 16.6 Å². The summed E-state index contributed by atoms with van der Waals surface area (Å²) in [4.78, 5) is 4.51. The molecule has 2 heterocycles. The van der Waals surface area contributed by atoms with Gasteiger partial charge < -0.3 is 4.57 Å². The van der Waals surface area contributed by atoms with E-state index in [1.54, 1.807) is 0 Å². The summed E-state index contributed by atoms with van der Waals surface area (Å²) in [7, 11) is 0. The van der Waals surface area contributed by atoms with E-state index in [1.165, 1.54) is 98.9 Å². The molecule has 254 valence electrons. The molecule has 0 atom stereocenters. The van der Waals surface area contributed by atoms with Gasteiger partial charge in [-0.3, -0.25) is 4.98 Å². The molecule has 0 bridgehead atoms. The molecular weight excluding hydrogens is 665 g/mol. The van der Waals surface area contributed by atoms with E-state index >= 15 is 0 Å². The number of rotatable bonds is 4. The van der Waals surface area contributed by atoms with E-state index < -0.39 is 0 Å². The average molecular weight is 697 g/mol. The van der Waals surface area contributed by atoms with Crippen molar-refractivity contribution in [3.63, 3.8) is 0 Å². The number of fused-ring (bicyclic) bond motifs is 9. The molecule has 0 aliphatic heterocycles. The standard InChI is InChI=1S/C53H32N2/c1-3-13-35(14-4-1)48-41-18-9-10-19-42(41)49(36-15-5-2-6-16-36)52-45-29-28-38(40-20-11-21-44(50(40)45)51(48)52)34-22-25-37(26-23-34)55-47-30-31-54-32-46(47)43-27-24-33-12-7-8-17-39(33)53(43)55/h1-32H. The molecule has 0 radical (unpaired) electrons. The number of hydrogen-bond acceptors (Lipinski definition) is 1. The van der Waals surface area contributed by atoms with Crippen LogP contribution in [0.15, 0.2) is 194 Å². The molecule has 0 saturated carbocycles. The molecule has 0 amide bonds. The summed E-state index contributed by atoms with van der Waals surface area (Å²) in [5.74, 6) is 0. The minimum atomic E-state index is 1.14. The van der Waals surface area contributed by atoms with Gasteiger partial charge in [0.05, 0.1) is 11.0 Å². The Morgan fingerprint density at radius 1 is 0.345 bits per heavy atom. The van der Waals surface area contributed by atoms with Gasteiger partial charge in [0.1, 0.15) is 0 Å². The number of nitrogens with zero attached hydrogens (tertiary/aromatic N) is 2. The summed E-state index contributed by atoms with van der Waals surface area (Å²) in [6.07, 6.45) is 3.89. The predicted octanol–water partition coefficient (Wildman–Crippen LogP) is 14.3. The second kappa shape index (κ2) is 11.6. The van der Waals surface area contributed by atoms with Crippen molar-refractivity contribution in [1.82, 2.24) is 9.55 Å². The van der Waals surface area contributed by atoms with Crippen molar-refractivity contribution >= 4 is 54.1 Å². The summed E-state index contributed by atoms with van der Waals surface area (Å²) in [5, 5.41) is 10.0. The monoisotopic (exact) mass is 696 g/mol. The van der Waals surface area contributed by atoms with Crippen LogP contribution in [-0.2, 0) is 0 Å². The highest BCUT2D eigenvalue weighted by Gasteiger charge is 2.31. The Bertz CT molecular complexity index is 3250. The van der Waals surface area contributed by atoms with Gasteiger partial charge in [-0.2, -0.15) is 0 Å². The topological polar surface area (TPSA) is 17.8 Å². The highest BCUT2D eigenvalue weighted by molar-refractivity contribution is 6.29. The van der Waals surface area contributed by atoms with Crippen LogP contribution in [0.3, 0.4) is 0 Å². The molecule has 2 nitrogen and oxygen atoms in total. The third-order valence-electron chi connectivity index (χ3n) is 11.8. The fourth-order valence-electron chi connectivity index (χ4n) is 9.54. The first-order valence-electron chi connectivity index (χ1n) is 19.0. The van der Waals surface area contributed by atoms with Crippen LogP contribution >= 0.6 is 0 Å². The first-order chi connectivity index (χ1) is 27.3. The molecule has 9 aromatic carbocycles. The van der Waals surface area contributed by atoms with E-state index in [-0.39, 0.29) is 0 Å². The first-order valence-corrected chi connectivity index (χ1v) is 19.0. The lowest BCUT2D eigenvalue weighted by molar-refractivity contribution is 1.18. The quantitative estimate of drug-likeness (QED) is 0.179. The third-order valence-corrected chi connectivity index (χ3v) is 11.8. The van der Waals surface area contributed by atoms with Crippen LogP contribution in [0.1, 0.15) is 0 Å². The molecule has 55 heavy (non-hydrogen) atoms. The molecule has 0 saturated heterocycles. The van der Waals surface area contributed by atoms with Gasteiger partial charge in [-0.25, -0.2) is 0 Å². The molecule has 0 spiro atoms. The smallest absolute Gasteiger partial charge is 0.0620 e. The molecule has 1 aliphatic rings. The SMILES string of the molecule is c1ccc(-c2c3c(c(-c4ccccc4)c4ccccc24)-c2ccc(-c4ccc(-n5c6ccncc6c6ccc7ccccc7c65)cc4)c4cccc-3c24)cc1. The highest BCUT2D eigenvalue weighted by Crippen LogP contribution is 2.58. The first kappa shape index (κ1) is 30.2. The number of pyridine rings is 1. The van der Waals surface area contributed by atoms with Gasteiger partial charge in [-0.15, -0.1) is 0 Å². The van der Waals surface area contributed by atoms with Crippen molar-refractivity contribution in [2.45, 2.75) is 0 Å². The van der Waals surface area contributed by atoms with Crippen molar-refractivity contribution in [1.29, 1.82) is 0 Å². The maximum Gasteiger partial charge on any atom is 0.0620 e. The summed E-state index contributed by atoms with van der Waals surface area (Å²) in [6, 6.07) is 66.9. The molecular formula is C53H32N2. The van der Waals surface area contributed by atoms with Gasteiger partial charge in [-0.1, -0.05) is 164 Å². The Hall–Kier alpha value is -7.29. The largest absolute Gasteiger partial charge is 0.309 e. The van der Waals surface area contributed by atoms with Crippen LogP contribution in [0.2, 0.25) is 0 Å². The van der Waals surface area contributed by atoms with Crippen molar-refractivity contribution in [3.8, 4) is 61.3 Å². The normalized spacial score (nSPS) is 12.0. The van der Waals surface area contributed by atoms with E-state index in [0.29, 0.717) is 0 Å². The number of benzene rings is 9.